The number of rotatable bonds is 3. The molecule has 0 atom stereocenters. The van der Waals surface area contributed by atoms with Crippen molar-refractivity contribution in [1.29, 1.82) is 0 Å². The van der Waals surface area contributed by atoms with Crippen LogP contribution in [0.15, 0.2) is 42.6 Å². The fourth-order valence-corrected chi connectivity index (χ4v) is 2.58. The molecule has 5 nitrogen and oxygen atoms in total. The average molecular weight is 283 g/mol. The number of aromatic nitrogens is 1. The van der Waals surface area contributed by atoms with Crippen LogP contribution in [0.25, 0.3) is 0 Å². The molecule has 1 aromatic carbocycles. The first-order valence-corrected chi connectivity index (χ1v) is 7.01. The number of carbonyl (C=O) groups is 2. The van der Waals surface area contributed by atoms with E-state index in [2.05, 4.69) is 22.0 Å². The summed E-state index contributed by atoms with van der Waals surface area (Å²) in [5.74, 6) is -0.0455. The van der Waals surface area contributed by atoms with Gasteiger partial charge in [-0.05, 0) is 18.2 Å². The summed E-state index contributed by atoms with van der Waals surface area (Å²) in [5.41, 5.74) is 2.17. The van der Waals surface area contributed by atoms with Gasteiger partial charge in [0.25, 0.3) is 5.91 Å². The molecule has 0 bridgehead atoms. The van der Waals surface area contributed by atoms with Gasteiger partial charge in [-0.2, -0.15) is 0 Å². The third-order valence-corrected chi connectivity index (χ3v) is 3.76. The number of hydrogen-bond donors (Lipinski definition) is 1. The molecule has 2 heterocycles. The van der Waals surface area contributed by atoms with E-state index in [1.165, 1.54) is 5.69 Å². The first kappa shape index (κ1) is 13.4. The van der Waals surface area contributed by atoms with Gasteiger partial charge < -0.3 is 14.8 Å². The number of piperazine rings is 1. The molecule has 1 fully saturated rings. The summed E-state index contributed by atoms with van der Waals surface area (Å²) < 4.78 is 0. The monoisotopic (exact) mass is 283 g/mol. The van der Waals surface area contributed by atoms with Crippen molar-refractivity contribution in [2.75, 3.05) is 31.1 Å². The van der Waals surface area contributed by atoms with Crippen LogP contribution < -0.4 is 4.90 Å². The molecular formula is C16H17N3O2. The van der Waals surface area contributed by atoms with Crippen molar-refractivity contribution in [2.24, 2.45) is 0 Å². The number of anilines is 1. The molecule has 5 heteroatoms. The van der Waals surface area contributed by atoms with Crippen LogP contribution in [-0.2, 0) is 0 Å². The Morgan fingerprint density at radius 2 is 1.81 bits per heavy atom. The van der Waals surface area contributed by atoms with Crippen LogP contribution in [0.5, 0.6) is 0 Å². The molecule has 0 saturated carbocycles. The van der Waals surface area contributed by atoms with Crippen LogP contribution in [0.1, 0.15) is 20.8 Å². The van der Waals surface area contributed by atoms with Gasteiger partial charge in [-0.25, -0.2) is 0 Å². The summed E-state index contributed by atoms with van der Waals surface area (Å²) >= 11 is 0. The minimum atomic E-state index is -0.0455. The second-order valence-electron chi connectivity index (χ2n) is 5.08. The van der Waals surface area contributed by atoms with Crippen molar-refractivity contribution in [3.05, 3.63) is 53.9 Å². The fraction of sp³-hybridized carbons (Fsp3) is 0.250. The summed E-state index contributed by atoms with van der Waals surface area (Å²) in [7, 11) is 0. The normalized spacial score (nSPS) is 15.0. The van der Waals surface area contributed by atoms with Crippen LogP contribution in [0.3, 0.4) is 0 Å². The van der Waals surface area contributed by atoms with Gasteiger partial charge in [0.1, 0.15) is 5.69 Å². The molecule has 1 aliphatic heterocycles. The number of aldehydes is 1. The topological polar surface area (TPSA) is 56.4 Å². The van der Waals surface area contributed by atoms with Gasteiger partial charge in [0, 0.05) is 43.6 Å². The number of carbonyl (C=O) groups excluding carboxylic acids is 2. The fourth-order valence-electron chi connectivity index (χ4n) is 2.58. The molecule has 108 valence electrons. The molecule has 0 spiro atoms. The third kappa shape index (κ3) is 2.81. The number of nitrogens with one attached hydrogen (secondary N) is 1. The SMILES string of the molecule is O=Cc1c[nH]c(C(=O)N2CCN(c3ccccc3)CC2)c1. The lowest BCUT2D eigenvalue weighted by Gasteiger charge is -2.35. The summed E-state index contributed by atoms with van der Waals surface area (Å²) in [6.07, 6.45) is 2.29. The van der Waals surface area contributed by atoms with Crippen LogP contribution in [0.4, 0.5) is 5.69 Å². The highest BCUT2D eigenvalue weighted by Gasteiger charge is 2.23. The molecule has 1 N–H and O–H groups in total. The summed E-state index contributed by atoms with van der Waals surface area (Å²) in [6.45, 7) is 3.00. The molecule has 1 aromatic heterocycles. The highest BCUT2D eigenvalue weighted by atomic mass is 16.2. The van der Waals surface area contributed by atoms with E-state index in [0.29, 0.717) is 24.3 Å². The Hall–Kier alpha value is -2.56. The first-order chi connectivity index (χ1) is 10.3. The number of amides is 1. The quantitative estimate of drug-likeness (QED) is 0.874. The zero-order valence-corrected chi connectivity index (χ0v) is 11.7. The minimum absolute atomic E-state index is 0.0455. The molecule has 21 heavy (non-hydrogen) atoms. The van der Waals surface area contributed by atoms with Gasteiger partial charge in [0.05, 0.1) is 0 Å². The predicted molar refractivity (Wildman–Crippen MR) is 80.7 cm³/mol. The number of aromatic amines is 1. The zero-order chi connectivity index (χ0) is 14.7. The first-order valence-electron chi connectivity index (χ1n) is 7.01. The van der Waals surface area contributed by atoms with Crippen molar-refractivity contribution in [2.45, 2.75) is 0 Å². The Balaban J connectivity index is 1.63. The molecule has 1 amide bonds. The van der Waals surface area contributed by atoms with Gasteiger partial charge >= 0.3 is 0 Å². The lowest BCUT2D eigenvalue weighted by atomic mass is 10.2. The Morgan fingerprint density at radius 3 is 2.43 bits per heavy atom. The number of hydrogen-bond acceptors (Lipinski definition) is 3. The van der Waals surface area contributed by atoms with E-state index in [4.69, 9.17) is 0 Å². The second-order valence-corrected chi connectivity index (χ2v) is 5.08. The number of para-hydroxylation sites is 1. The van der Waals surface area contributed by atoms with E-state index < -0.39 is 0 Å². The van der Waals surface area contributed by atoms with E-state index in [1.807, 2.05) is 23.1 Å². The van der Waals surface area contributed by atoms with Gasteiger partial charge in [0.15, 0.2) is 6.29 Å². The second kappa shape index (κ2) is 5.83. The highest BCUT2D eigenvalue weighted by Crippen LogP contribution is 2.16. The summed E-state index contributed by atoms with van der Waals surface area (Å²) in [6, 6.07) is 11.8. The molecule has 1 saturated heterocycles. The van der Waals surface area contributed by atoms with Crippen molar-refractivity contribution in [3.8, 4) is 0 Å². The zero-order valence-electron chi connectivity index (χ0n) is 11.7. The van der Waals surface area contributed by atoms with Crippen molar-refractivity contribution in [1.82, 2.24) is 9.88 Å². The maximum Gasteiger partial charge on any atom is 0.270 e. The molecule has 0 aliphatic carbocycles. The third-order valence-electron chi connectivity index (χ3n) is 3.76. The maximum atomic E-state index is 12.3. The molecule has 3 rings (SSSR count). The van der Waals surface area contributed by atoms with Crippen molar-refractivity contribution < 1.29 is 9.59 Å². The average Bonchev–Trinajstić information content (AvgIpc) is 3.04. The van der Waals surface area contributed by atoms with E-state index in [1.54, 1.807) is 12.3 Å². The van der Waals surface area contributed by atoms with E-state index >= 15 is 0 Å². The summed E-state index contributed by atoms with van der Waals surface area (Å²) in [5, 5.41) is 0. The van der Waals surface area contributed by atoms with E-state index in [9.17, 15) is 9.59 Å². The minimum Gasteiger partial charge on any atom is -0.368 e. The van der Waals surface area contributed by atoms with Gasteiger partial charge in [-0.1, -0.05) is 18.2 Å². The van der Waals surface area contributed by atoms with Gasteiger partial charge in [0.2, 0.25) is 0 Å². The lowest BCUT2D eigenvalue weighted by Crippen LogP contribution is -2.48. The van der Waals surface area contributed by atoms with E-state index in [-0.39, 0.29) is 5.91 Å². The number of benzene rings is 1. The summed E-state index contributed by atoms with van der Waals surface area (Å²) in [4.78, 5) is 30.0. The molecule has 0 radical (unpaired) electrons. The van der Waals surface area contributed by atoms with Crippen molar-refractivity contribution in [3.63, 3.8) is 0 Å². The van der Waals surface area contributed by atoms with Crippen molar-refractivity contribution >= 4 is 17.9 Å². The molecular weight excluding hydrogens is 266 g/mol. The number of H-pyrrole nitrogens is 1. The standard InChI is InChI=1S/C16H17N3O2/c20-12-13-10-15(17-11-13)16(21)19-8-6-18(7-9-19)14-4-2-1-3-5-14/h1-5,10-12,17H,6-9H2. The van der Waals surface area contributed by atoms with Gasteiger partial charge in [-0.3, -0.25) is 9.59 Å². The largest absolute Gasteiger partial charge is 0.368 e. The Bertz CT molecular complexity index is 628. The Kier molecular flexibility index (Phi) is 3.73. The van der Waals surface area contributed by atoms with Crippen LogP contribution in [0, 0.1) is 0 Å². The van der Waals surface area contributed by atoms with Gasteiger partial charge in [-0.15, -0.1) is 0 Å². The Labute approximate surface area is 123 Å². The molecule has 0 unspecified atom stereocenters. The van der Waals surface area contributed by atoms with Crippen LogP contribution in [-0.4, -0.2) is 48.3 Å². The highest BCUT2D eigenvalue weighted by molar-refractivity contribution is 5.94. The maximum absolute atomic E-state index is 12.3. The molecule has 2 aromatic rings. The van der Waals surface area contributed by atoms with E-state index in [0.717, 1.165) is 19.4 Å². The van der Waals surface area contributed by atoms with Crippen LogP contribution >= 0.6 is 0 Å². The smallest absolute Gasteiger partial charge is 0.270 e. The molecule has 1 aliphatic rings. The predicted octanol–water partition coefficient (Wildman–Crippen LogP) is 1.79. The number of nitrogens with zero attached hydrogens (tertiary/aromatic N) is 2. The van der Waals surface area contributed by atoms with Crippen LogP contribution in [0.2, 0.25) is 0 Å². The Morgan fingerprint density at radius 1 is 1.10 bits per heavy atom. The lowest BCUT2D eigenvalue weighted by molar-refractivity contribution is 0.0741.